The van der Waals surface area contributed by atoms with Crippen LogP contribution in [0.5, 0.6) is 0 Å². The lowest BCUT2D eigenvalue weighted by Gasteiger charge is -2.27. The minimum absolute atomic E-state index is 0.166. The molecule has 134 valence electrons. The zero-order chi connectivity index (χ0) is 17.4. The third kappa shape index (κ3) is 3.20. The maximum Gasteiger partial charge on any atom is 0.138 e. The van der Waals surface area contributed by atoms with Gasteiger partial charge in [-0.05, 0) is 39.5 Å². The predicted molar refractivity (Wildman–Crippen MR) is 94.7 cm³/mol. The van der Waals surface area contributed by atoms with E-state index in [1.165, 1.54) is 12.8 Å². The lowest BCUT2D eigenvalue weighted by Crippen LogP contribution is -2.33. The van der Waals surface area contributed by atoms with Gasteiger partial charge in [0.1, 0.15) is 23.7 Å². The molecule has 2 aromatic heterocycles. The van der Waals surface area contributed by atoms with Crippen LogP contribution in [0, 0.1) is 13.8 Å². The van der Waals surface area contributed by atoms with E-state index >= 15 is 0 Å². The lowest BCUT2D eigenvalue weighted by molar-refractivity contribution is 0.266. The van der Waals surface area contributed by atoms with E-state index in [0.29, 0.717) is 6.04 Å². The van der Waals surface area contributed by atoms with Crippen LogP contribution in [0.4, 0.5) is 11.6 Å². The van der Waals surface area contributed by atoms with Crippen LogP contribution in [0.1, 0.15) is 42.7 Å². The van der Waals surface area contributed by atoms with Crippen LogP contribution in [0.2, 0.25) is 0 Å². The smallest absolute Gasteiger partial charge is 0.138 e. The van der Waals surface area contributed by atoms with E-state index in [1.54, 1.807) is 6.33 Å². The van der Waals surface area contributed by atoms with Crippen molar-refractivity contribution in [1.82, 2.24) is 15.1 Å². The minimum Gasteiger partial charge on any atom is -0.394 e. The first kappa shape index (κ1) is 16.3. The van der Waals surface area contributed by atoms with Gasteiger partial charge in [-0.15, -0.1) is 0 Å². The van der Waals surface area contributed by atoms with E-state index < -0.39 is 0 Å². The molecule has 2 aromatic rings. The molecule has 2 aliphatic rings. The molecule has 1 N–H and O–H groups in total. The number of rotatable bonds is 6. The molecule has 2 fully saturated rings. The van der Waals surface area contributed by atoms with Crippen molar-refractivity contribution >= 4 is 11.6 Å². The Morgan fingerprint density at radius 2 is 2.12 bits per heavy atom. The summed E-state index contributed by atoms with van der Waals surface area (Å²) in [5, 5.41) is 13.7. The van der Waals surface area contributed by atoms with Crippen molar-refractivity contribution in [3.05, 3.63) is 29.4 Å². The zero-order valence-electron chi connectivity index (χ0n) is 14.9. The van der Waals surface area contributed by atoms with E-state index in [4.69, 9.17) is 4.52 Å². The van der Waals surface area contributed by atoms with Gasteiger partial charge in [0.2, 0.25) is 0 Å². The number of aromatic nitrogens is 3. The van der Waals surface area contributed by atoms with Gasteiger partial charge in [-0.25, -0.2) is 9.97 Å². The number of hydrogen-bond acceptors (Lipinski definition) is 7. The van der Waals surface area contributed by atoms with Crippen LogP contribution < -0.4 is 9.80 Å². The van der Waals surface area contributed by atoms with Gasteiger partial charge in [0.15, 0.2) is 0 Å². The van der Waals surface area contributed by atoms with Gasteiger partial charge in [0.25, 0.3) is 0 Å². The molecular formula is C18H25N5O2. The maximum atomic E-state index is 9.59. The Balaban J connectivity index is 1.61. The Labute approximate surface area is 147 Å². The highest BCUT2D eigenvalue weighted by Crippen LogP contribution is 2.34. The second-order valence-electron chi connectivity index (χ2n) is 7.07. The Bertz CT molecular complexity index is 723. The van der Waals surface area contributed by atoms with Gasteiger partial charge in [-0.1, -0.05) is 5.16 Å². The molecule has 1 aliphatic heterocycles. The largest absolute Gasteiger partial charge is 0.394 e. The van der Waals surface area contributed by atoms with Crippen LogP contribution in [-0.4, -0.2) is 45.5 Å². The molecule has 0 spiro atoms. The molecule has 0 radical (unpaired) electrons. The number of aryl methyl sites for hydroxylation is 2. The van der Waals surface area contributed by atoms with E-state index in [1.807, 2.05) is 13.8 Å². The third-order valence-corrected chi connectivity index (χ3v) is 5.31. The quantitative estimate of drug-likeness (QED) is 0.861. The molecule has 1 saturated heterocycles. The zero-order valence-corrected chi connectivity index (χ0v) is 14.9. The lowest BCUT2D eigenvalue weighted by atomic mass is 10.2. The Morgan fingerprint density at radius 1 is 1.28 bits per heavy atom. The number of nitrogens with zero attached hydrogens (tertiary/aromatic N) is 5. The maximum absolute atomic E-state index is 9.59. The summed E-state index contributed by atoms with van der Waals surface area (Å²) < 4.78 is 5.32. The molecule has 0 amide bonds. The van der Waals surface area contributed by atoms with Crippen LogP contribution >= 0.6 is 0 Å². The number of anilines is 2. The molecule has 4 rings (SSSR count). The summed E-state index contributed by atoms with van der Waals surface area (Å²) in [5.41, 5.74) is 2.08. The highest BCUT2D eigenvalue weighted by Gasteiger charge is 2.32. The summed E-state index contributed by atoms with van der Waals surface area (Å²) in [7, 11) is 0. The molecule has 25 heavy (non-hydrogen) atoms. The van der Waals surface area contributed by atoms with Gasteiger partial charge in [0.05, 0.1) is 24.9 Å². The van der Waals surface area contributed by atoms with E-state index in [0.717, 1.165) is 54.6 Å². The summed E-state index contributed by atoms with van der Waals surface area (Å²) in [6.45, 7) is 5.81. The van der Waals surface area contributed by atoms with Crippen molar-refractivity contribution in [1.29, 1.82) is 0 Å². The second kappa shape index (κ2) is 6.63. The minimum atomic E-state index is 0.166. The first-order chi connectivity index (χ1) is 12.2. The fourth-order valence-electron chi connectivity index (χ4n) is 3.66. The van der Waals surface area contributed by atoms with Crippen molar-refractivity contribution < 1.29 is 9.63 Å². The third-order valence-electron chi connectivity index (χ3n) is 5.31. The van der Waals surface area contributed by atoms with Crippen molar-refractivity contribution in [2.75, 3.05) is 23.0 Å². The van der Waals surface area contributed by atoms with Crippen molar-refractivity contribution in [3.8, 4) is 0 Å². The van der Waals surface area contributed by atoms with Crippen molar-refractivity contribution in [2.24, 2.45) is 0 Å². The summed E-state index contributed by atoms with van der Waals surface area (Å²) >= 11 is 0. The standard InChI is InChI=1S/C18H25N5O2/c1-12-16(13(2)25-21-12)9-23(14-5-6-14)18-8-17(19-11-20-18)22-7-3-4-15(22)10-24/h8,11,14-15,24H,3-7,9-10H2,1-2H3. The van der Waals surface area contributed by atoms with E-state index in [9.17, 15) is 5.11 Å². The summed E-state index contributed by atoms with van der Waals surface area (Å²) in [5.74, 6) is 2.72. The average molecular weight is 343 g/mol. The molecule has 1 atom stereocenters. The van der Waals surface area contributed by atoms with Crippen molar-refractivity contribution in [2.45, 2.75) is 58.2 Å². The molecule has 0 bridgehead atoms. The fraction of sp³-hybridized carbons (Fsp3) is 0.611. The summed E-state index contributed by atoms with van der Waals surface area (Å²) in [4.78, 5) is 13.5. The summed E-state index contributed by atoms with van der Waals surface area (Å²) in [6.07, 6.45) is 6.12. The molecular weight excluding hydrogens is 318 g/mol. The number of aliphatic hydroxyl groups is 1. The number of hydrogen-bond donors (Lipinski definition) is 1. The SMILES string of the molecule is Cc1noc(C)c1CN(c1cc(N2CCCC2CO)ncn1)C1CC1. The molecule has 1 unspecified atom stereocenters. The molecule has 1 aliphatic carbocycles. The second-order valence-corrected chi connectivity index (χ2v) is 7.07. The molecule has 1 saturated carbocycles. The topological polar surface area (TPSA) is 78.5 Å². The molecule has 3 heterocycles. The van der Waals surface area contributed by atoms with Crippen LogP contribution in [-0.2, 0) is 6.54 Å². The van der Waals surface area contributed by atoms with Crippen LogP contribution in [0.3, 0.4) is 0 Å². The molecule has 7 nitrogen and oxygen atoms in total. The Hall–Kier alpha value is -2.15. The monoisotopic (exact) mass is 343 g/mol. The number of aliphatic hydroxyl groups excluding tert-OH is 1. The predicted octanol–water partition coefficient (Wildman–Crippen LogP) is 2.21. The highest BCUT2D eigenvalue weighted by molar-refractivity contribution is 5.53. The highest BCUT2D eigenvalue weighted by atomic mass is 16.5. The van der Waals surface area contributed by atoms with E-state index in [2.05, 4.69) is 31.0 Å². The average Bonchev–Trinajstić information content (AvgIpc) is 3.26. The van der Waals surface area contributed by atoms with Gasteiger partial charge in [0, 0.05) is 24.2 Å². The molecule has 0 aromatic carbocycles. The fourth-order valence-corrected chi connectivity index (χ4v) is 3.66. The van der Waals surface area contributed by atoms with Gasteiger partial charge in [-0.2, -0.15) is 0 Å². The first-order valence-electron chi connectivity index (χ1n) is 9.05. The van der Waals surface area contributed by atoms with Crippen LogP contribution in [0.15, 0.2) is 16.9 Å². The summed E-state index contributed by atoms with van der Waals surface area (Å²) in [6, 6.07) is 2.74. The van der Waals surface area contributed by atoms with Crippen LogP contribution in [0.25, 0.3) is 0 Å². The Morgan fingerprint density at radius 3 is 2.80 bits per heavy atom. The Kier molecular flexibility index (Phi) is 4.33. The van der Waals surface area contributed by atoms with Gasteiger partial charge < -0.3 is 19.4 Å². The first-order valence-corrected chi connectivity index (χ1v) is 9.05. The van der Waals surface area contributed by atoms with Gasteiger partial charge in [-0.3, -0.25) is 0 Å². The van der Waals surface area contributed by atoms with Crippen molar-refractivity contribution in [3.63, 3.8) is 0 Å². The normalized spacial score (nSPS) is 20.3. The van der Waals surface area contributed by atoms with E-state index in [-0.39, 0.29) is 12.6 Å². The van der Waals surface area contributed by atoms with Gasteiger partial charge >= 0.3 is 0 Å². The molecule has 7 heteroatoms.